The van der Waals surface area contributed by atoms with Crippen LogP contribution in [-0.2, 0) is 22.3 Å². The summed E-state index contributed by atoms with van der Waals surface area (Å²) in [5.41, 5.74) is 7.07. The Kier molecular flexibility index (Phi) is 9.25. The molecular weight excluding hydrogens is 535 g/mol. The van der Waals surface area contributed by atoms with Gasteiger partial charge in [0.25, 0.3) is 0 Å². The largest absolute Gasteiger partial charge is 0.366 e. The van der Waals surface area contributed by atoms with Gasteiger partial charge in [0, 0.05) is 44.4 Å². The lowest BCUT2D eigenvalue weighted by atomic mass is 10.1. The maximum Gasteiger partial charge on any atom is 0.248 e. The van der Waals surface area contributed by atoms with Crippen molar-refractivity contribution in [1.82, 2.24) is 19.7 Å². The summed E-state index contributed by atoms with van der Waals surface area (Å²) in [6.07, 6.45) is 1.36. The number of sulfonamides is 1. The number of nitrogens with zero attached hydrogens (tertiary/aromatic N) is 4. The number of halogens is 1. The topological polar surface area (TPSA) is 134 Å². The lowest BCUT2D eigenvalue weighted by molar-refractivity contribution is 0.1000. The van der Waals surface area contributed by atoms with Gasteiger partial charge in [-0.05, 0) is 24.6 Å². The van der Waals surface area contributed by atoms with Gasteiger partial charge in [0.2, 0.25) is 15.9 Å². The van der Waals surface area contributed by atoms with Gasteiger partial charge in [0.05, 0.1) is 12.2 Å². The van der Waals surface area contributed by atoms with Crippen molar-refractivity contribution in [3.8, 4) is 0 Å². The molecule has 1 aromatic heterocycles. The van der Waals surface area contributed by atoms with Crippen molar-refractivity contribution in [1.29, 1.82) is 0 Å². The minimum atomic E-state index is -3.45. The highest BCUT2D eigenvalue weighted by atomic mass is 127. The highest BCUT2D eigenvalue weighted by molar-refractivity contribution is 14.0. The van der Waals surface area contributed by atoms with E-state index in [2.05, 4.69) is 15.5 Å². The van der Waals surface area contributed by atoms with Crippen molar-refractivity contribution in [2.75, 3.05) is 32.7 Å². The monoisotopic (exact) mass is 562 g/mol. The number of nitrogens with one attached hydrogen (secondary N) is 1. The average Bonchev–Trinajstić information content (AvgIpc) is 3.24. The zero-order valence-electron chi connectivity index (χ0n) is 17.2. The average molecular weight is 562 g/mol. The highest BCUT2D eigenvalue weighted by Crippen LogP contribution is 2.13. The summed E-state index contributed by atoms with van der Waals surface area (Å²) in [5.74, 6) is 0.0960. The lowest BCUT2D eigenvalue weighted by Gasteiger charge is -2.35. The quantitative estimate of drug-likeness (QED) is 0.292. The molecule has 0 bridgehead atoms. The molecule has 1 saturated heterocycles. The molecular formula is C19H27IN6O4S. The predicted octanol–water partition coefficient (Wildman–Crippen LogP) is 1.00. The van der Waals surface area contributed by atoms with Crippen molar-refractivity contribution in [2.24, 2.45) is 10.7 Å². The highest BCUT2D eigenvalue weighted by Gasteiger charge is 2.29. The smallest absolute Gasteiger partial charge is 0.248 e. The molecule has 2 heterocycles. The molecule has 31 heavy (non-hydrogen) atoms. The number of amides is 1. The molecule has 3 N–H and O–H groups in total. The first-order chi connectivity index (χ1) is 14.4. The number of carbonyl (C=O) groups is 1. The van der Waals surface area contributed by atoms with E-state index in [4.69, 9.17) is 10.3 Å². The molecule has 0 saturated carbocycles. The van der Waals surface area contributed by atoms with Crippen LogP contribution in [0.15, 0.2) is 46.1 Å². The van der Waals surface area contributed by atoms with Crippen molar-refractivity contribution < 1.29 is 17.7 Å². The van der Waals surface area contributed by atoms with Crippen molar-refractivity contribution >= 4 is 45.9 Å². The normalized spacial score (nSPS) is 15.4. The fourth-order valence-corrected chi connectivity index (χ4v) is 4.56. The molecule has 1 fully saturated rings. The number of aliphatic imine (C=N–C) groups is 1. The molecule has 10 nitrogen and oxygen atoms in total. The van der Waals surface area contributed by atoms with E-state index in [0.717, 1.165) is 11.5 Å². The van der Waals surface area contributed by atoms with Gasteiger partial charge >= 0.3 is 0 Å². The fourth-order valence-electron chi connectivity index (χ4n) is 3.13. The van der Waals surface area contributed by atoms with E-state index in [1.165, 1.54) is 10.6 Å². The predicted molar refractivity (Wildman–Crippen MR) is 127 cm³/mol. The van der Waals surface area contributed by atoms with Crippen LogP contribution in [0.1, 0.15) is 28.5 Å². The Balaban J connectivity index is 0.00000341. The maximum atomic E-state index is 12.6. The fraction of sp³-hybridized carbons (Fsp3) is 0.421. The Morgan fingerprint density at radius 3 is 2.42 bits per heavy atom. The maximum absolute atomic E-state index is 12.6. The number of carbonyl (C=O) groups excluding carboxylic acids is 1. The second-order valence-corrected chi connectivity index (χ2v) is 8.83. The van der Waals surface area contributed by atoms with Crippen LogP contribution in [0.5, 0.6) is 0 Å². The summed E-state index contributed by atoms with van der Waals surface area (Å²) in [5, 5.41) is 6.94. The second kappa shape index (κ2) is 11.4. The van der Waals surface area contributed by atoms with Crippen LogP contribution in [0.25, 0.3) is 0 Å². The Morgan fingerprint density at radius 2 is 1.87 bits per heavy atom. The standard InChI is InChI=1S/C19H26N6O4S.HI/c1-2-21-19(22-13-15-3-5-16(6-4-15)18(20)26)24-8-10-25(11-9-24)30(27,28)14-17-7-12-29-23-17;/h3-7,12H,2,8-11,13-14H2,1H3,(H2,20,26)(H,21,22);1H. The number of aromatic nitrogens is 1. The number of rotatable bonds is 7. The van der Waals surface area contributed by atoms with Crippen LogP contribution in [0.3, 0.4) is 0 Å². The third-order valence-electron chi connectivity index (χ3n) is 4.74. The molecule has 3 rings (SSSR count). The van der Waals surface area contributed by atoms with Gasteiger partial charge in [0.1, 0.15) is 12.0 Å². The molecule has 0 spiro atoms. The van der Waals surface area contributed by atoms with Gasteiger partial charge in [-0.15, -0.1) is 24.0 Å². The number of guanidine groups is 1. The minimum Gasteiger partial charge on any atom is -0.366 e. The zero-order valence-corrected chi connectivity index (χ0v) is 20.4. The molecule has 1 aliphatic heterocycles. The number of hydrogen-bond acceptors (Lipinski definition) is 6. The number of piperazine rings is 1. The third kappa shape index (κ3) is 6.90. The van der Waals surface area contributed by atoms with Gasteiger partial charge < -0.3 is 20.5 Å². The van der Waals surface area contributed by atoms with Crippen LogP contribution in [0, 0.1) is 0 Å². The van der Waals surface area contributed by atoms with Gasteiger partial charge in [-0.3, -0.25) is 4.79 Å². The summed E-state index contributed by atoms with van der Waals surface area (Å²) in [6, 6.07) is 8.56. The number of hydrogen-bond donors (Lipinski definition) is 2. The Bertz CT molecular complexity index is 971. The number of primary amides is 1. The van der Waals surface area contributed by atoms with E-state index in [1.807, 2.05) is 24.0 Å². The SMILES string of the molecule is CCNC(=NCc1ccc(C(N)=O)cc1)N1CCN(S(=O)(=O)Cc2ccon2)CC1.I. The van der Waals surface area contributed by atoms with Crippen LogP contribution < -0.4 is 11.1 Å². The van der Waals surface area contributed by atoms with Crippen molar-refractivity contribution in [3.05, 3.63) is 53.4 Å². The summed E-state index contributed by atoms with van der Waals surface area (Å²) < 4.78 is 31.4. The molecule has 0 aliphatic carbocycles. The molecule has 12 heteroatoms. The van der Waals surface area contributed by atoms with Gasteiger partial charge in [-0.2, -0.15) is 4.31 Å². The van der Waals surface area contributed by atoms with E-state index >= 15 is 0 Å². The first-order valence-electron chi connectivity index (χ1n) is 9.68. The van der Waals surface area contributed by atoms with Gasteiger partial charge in [-0.1, -0.05) is 17.3 Å². The van der Waals surface area contributed by atoms with E-state index in [0.29, 0.717) is 50.5 Å². The minimum absolute atomic E-state index is 0. The van der Waals surface area contributed by atoms with Crippen LogP contribution >= 0.6 is 24.0 Å². The number of benzene rings is 1. The van der Waals surface area contributed by atoms with Crippen molar-refractivity contribution in [3.63, 3.8) is 0 Å². The van der Waals surface area contributed by atoms with Crippen LogP contribution in [0.4, 0.5) is 0 Å². The molecule has 1 aromatic carbocycles. The molecule has 0 atom stereocenters. The molecule has 1 aliphatic rings. The summed E-state index contributed by atoms with van der Waals surface area (Å²) >= 11 is 0. The van der Waals surface area contributed by atoms with Gasteiger partial charge in [0.15, 0.2) is 5.96 Å². The zero-order chi connectivity index (χ0) is 21.6. The van der Waals surface area contributed by atoms with Crippen LogP contribution in [-0.4, -0.2) is 67.4 Å². The number of nitrogens with two attached hydrogens (primary N) is 1. The van der Waals surface area contributed by atoms with E-state index in [-0.39, 0.29) is 29.7 Å². The van der Waals surface area contributed by atoms with E-state index in [9.17, 15) is 13.2 Å². The Morgan fingerprint density at radius 1 is 1.19 bits per heavy atom. The summed E-state index contributed by atoms with van der Waals surface area (Å²) in [4.78, 5) is 17.9. The first kappa shape index (κ1) is 25.1. The van der Waals surface area contributed by atoms with Crippen LogP contribution in [0.2, 0.25) is 0 Å². The van der Waals surface area contributed by atoms with Gasteiger partial charge in [-0.25, -0.2) is 13.4 Å². The van der Waals surface area contributed by atoms with Crippen molar-refractivity contribution in [2.45, 2.75) is 19.2 Å². The lowest BCUT2D eigenvalue weighted by Crippen LogP contribution is -2.53. The summed E-state index contributed by atoms with van der Waals surface area (Å²) in [7, 11) is -3.45. The molecule has 1 amide bonds. The Hall–Kier alpha value is -2.19. The summed E-state index contributed by atoms with van der Waals surface area (Å²) in [6.45, 7) is 4.93. The second-order valence-electron chi connectivity index (χ2n) is 6.86. The molecule has 2 aromatic rings. The molecule has 0 unspecified atom stereocenters. The molecule has 0 radical (unpaired) electrons. The third-order valence-corrected chi connectivity index (χ3v) is 6.55. The first-order valence-corrected chi connectivity index (χ1v) is 11.3. The molecule has 170 valence electrons. The van der Waals surface area contributed by atoms with E-state index in [1.54, 1.807) is 18.2 Å². The Labute approximate surface area is 198 Å². The van der Waals surface area contributed by atoms with E-state index < -0.39 is 15.9 Å².